The van der Waals surface area contributed by atoms with Gasteiger partial charge >= 0.3 is 5.97 Å². The van der Waals surface area contributed by atoms with E-state index in [9.17, 15) is 4.79 Å². The molecule has 3 nitrogen and oxygen atoms in total. The minimum atomic E-state index is -0.160. The zero-order valence-corrected chi connectivity index (χ0v) is 13.6. The summed E-state index contributed by atoms with van der Waals surface area (Å²) in [6.45, 7) is 9.08. The summed E-state index contributed by atoms with van der Waals surface area (Å²) in [6, 6.07) is 8.71. The van der Waals surface area contributed by atoms with E-state index in [1.54, 1.807) is 0 Å². The van der Waals surface area contributed by atoms with Gasteiger partial charge in [0.2, 0.25) is 0 Å². The summed E-state index contributed by atoms with van der Waals surface area (Å²) < 4.78 is 5.11. The summed E-state index contributed by atoms with van der Waals surface area (Å²) in [6.07, 6.45) is 1.09. The molecule has 4 heteroatoms. The van der Waals surface area contributed by atoms with Gasteiger partial charge in [0.25, 0.3) is 0 Å². The Morgan fingerprint density at radius 2 is 1.90 bits per heavy atom. The maximum Gasteiger partial charge on any atom is 0.316 e. The molecule has 0 aliphatic carbocycles. The van der Waals surface area contributed by atoms with Crippen LogP contribution < -0.4 is 5.32 Å². The van der Waals surface area contributed by atoms with Gasteiger partial charge in [0.15, 0.2) is 0 Å². The molecule has 1 atom stereocenters. The minimum absolute atomic E-state index is 0.0454. The maximum atomic E-state index is 11.5. The summed E-state index contributed by atoms with van der Waals surface area (Å²) >= 11 is 1.51. The summed E-state index contributed by atoms with van der Waals surface area (Å²) in [4.78, 5) is 12.6. The number of hydrogen-bond donors (Lipinski definition) is 1. The molecule has 0 heterocycles. The molecule has 112 valence electrons. The molecule has 0 saturated carbocycles. The Morgan fingerprint density at radius 1 is 1.25 bits per heavy atom. The van der Waals surface area contributed by atoms with Gasteiger partial charge in [0.05, 0.1) is 11.9 Å². The average Bonchev–Trinajstić information content (AvgIpc) is 2.42. The number of carbonyl (C=O) groups excluding carboxylic acids is 1. The van der Waals surface area contributed by atoms with E-state index in [1.807, 2.05) is 13.8 Å². The van der Waals surface area contributed by atoms with Crippen LogP contribution in [0.25, 0.3) is 0 Å². The molecule has 0 amide bonds. The van der Waals surface area contributed by atoms with Crippen molar-refractivity contribution >= 4 is 17.7 Å². The zero-order valence-electron chi connectivity index (χ0n) is 12.8. The van der Waals surface area contributed by atoms with E-state index >= 15 is 0 Å². The minimum Gasteiger partial charge on any atom is -0.462 e. The summed E-state index contributed by atoms with van der Waals surface area (Å²) in [5, 5.41) is 3.46. The molecule has 0 saturated heterocycles. The van der Waals surface area contributed by atoms with Crippen molar-refractivity contribution in [3.63, 3.8) is 0 Å². The van der Waals surface area contributed by atoms with Crippen molar-refractivity contribution in [2.24, 2.45) is 0 Å². The number of thioether (sulfide) groups is 1. The van der Waals surface area contributed by atoms with E-state index in [2.05, 4.69) is 43.4 Å². The first-order valence-corrected chi connectivity index (χ1v) is 8.17. The van der Waals surface area contributed by atoms with Crippen molar-refractivity contribution in [3.05, 3.63) is 29.8 Å². The third-order valence-electron chi connectivity index (χ3n) is 2.80. The lowest BCUT2D eigenvalue weighted by atomic mass is 10.1. The molecule has 0 fully saturated rings. The van der Waals surface area contributed by atoms with Gasteiger partial charge in [-0.05, 0) is 51.4 Å². The van der Waals surface area contributed by atoms with E-state index in [4.69, 9.17) is 4.74 Å². The lowest BCUT2D eigenvalue weighted by Crippen LogP contribution is -2.19. The third kappa shape index (κ3) is 6.44. The van der Waals surface area contributed by atoms with Crippen molar-refractivity contribution in [1.82, 2.24) is 5.32 Å². The first-order valence-electron chi connectivity index (χ1n) is 7.18. The Kier molecular flexibility index (Phi) is 7.70. The van der Waals surface area contributed by atoms with Crippen LogP contribution in [0.15, 0.2) is 29.2 Å². The summed E-state index contributed by atoms with van der Waals surface area (Å²) in [7, 11) is 0. The molecule has 1 N–H and O–H groups in total. The molecular weight excluding hydrogens is 270 g/mol. The Labute approximate surface area is 126 Å². The molecule has 1 aromatic rings. The molecule has 0 aromatic heterocycles. The number of carbonyl (C=O) groups is 1. The van der Waals surface area contributed by atoms with Crippen LogP contribution in [0, 0.1) is 0 Å². The quantitative estimate of drug-likeness (QED) is 0.585. The molecular formula is C16H25NO2S. The first kappa shape index (κ1) is 17.1. The zero-order chi connectivity index (χ0) is 15.0. The first-order chi connectivity index (χ1) is 9.52. The van der Waals surface area contributed by atoms with Gasteiger partial charge in [-0.1, -0.05) is 19.1 Å². The van der Waals surface area contributed by atoms with Crippen molar-refractivity contribution in [1.29, 1.82) is 0 Å². The highest BCUT2D eigenvalue weighted by atomic mass is 32.2. The van der Waals surface area contributed by atoms with Gasteiger partial charge in [-0.3, -0.25) is 4.79 Å². The lowest BCUT2D eigenvalue weighted by molar-refractivity contribution is -0.144. The molecule has 1 unspecified atom stereocenters. The van der Waals surface area contributed by atoms with Gasteiger partial charge < -0.3 is 10.1 Å². The average molecular weight is 295 g/mol. The van der Waals surface area contributed by atoms with Crippen LogP contribution in [0.5, 0.6) is 0 Å². The fourth-order valence-electron chi connectivity index (χ4n) is 1.77. The molecule has 1 aromatic carbocycles. The number of rotatable bonds is 8. The van der Waals surface area contributed by atoms with Crippen LogP contribution in [0.1, 0.15) is 45.7 Å². The monoisotopic (exact) mass is 295 g/mol. The second-order valence-electron chi connectivity index (χ2n) is 5.07. The molecule has 0 spiro atoms. The Balaban J connectivity index is 2.44. The highest BCUT2D eigenvalue weighted by Crippen LogP contribution is 2.21. The van der Waals surface area contributed by atoms with E-state index < -0.39 is 0 Å². The Morgan fingerprint density at radius 3 is 2.45 bits per heavy atom. The van der Waals surface area contributed by atoms with Gasteiger partial charge in [-0.2, -0.15) is 0 Å². The molecule has 20 heavy (non-hydrogen) atoms. The fourth-order valence-corrected chi connectivity index (χ4v) is 2.45. The van der Waals surface area contributed by atoms with Crippen LogP contribution in [0.4, 0.5) is 0 Å². The highest BCUT2D eigenvalue weighted by Gasteiger charge is 2.07. The van der Waals surface area contributed by atoms with E-state index in [0.29, 0.717) is 11.8 Å². The molecule has 0 radical (unpaired) electrons. The van der Waals surface area contributed by atoms with E-state index in [0.717, 1.165) is 17.9 Å². The van der Waals surface area contributed by atoms with Crippen molar-refractivity contribution < 1.29 is 9.53 Å². The largest absolute Gasteiger partial charge is 0.462 e. The molecule has 0 aliphatic rings. The maximum absolute atomic E-state index is 11.5. The van der Waals surface area contributed by atoms with E-state index in [1.165, 1.54) is 17.3 Å². The fraction of sp³-hybridized carbons (Fsp3) is 0.562. The number of ether oxygens (including phenoxy) is 1. The second kappa shape index (κ2) is 9.03. The second-order valence-corrected chi connectivity index (χ2v) is 6.12. The van der Waals surface area contributed by atoms with Crippen LogP contribution in [-0.2, 0) is 9.53 Å². The molecule has 1 rings (SSSR count). The van der Waals surface area contributed by atoms with Crippen LogP contribution >= 0.6 is 11.8 Å². The standard InChI is InChI=1S/C16H25NO2S/c1-5-10-17-13(4)14-6-8-15(9-7-14)20-11-16(18)19-12(2)3/h6-9,12-13,17H,5,10-11H2,1-4H3. The smallest absolute Gasteiger partial charge is 0.316 e. The predicted molar refractivity (Wildman–Crippen MR) is 85.1 cm³/mol. The van der Waals surface area contributed by atoms with Crippen molar-refractivity contribution in [3.8, 4) is 0 Å². The number of esters is 1. The third-order valence-corrected chi connectivity index (χ3v) is 3.79. The van der Waals surface area contributed by atoms with Crippen LogP contribution in [0.2, 0.25) is 0 Å². The molecule has 0 bridgehead atoms. The van der Waals surface area contributed by atoms with Gasteiger partial charge in [-0.15, -0.1) is 11.8 Å². The summed E-state index contributed by atoms with van der Waals surface area (Å²) in [5.41, 5.74) is 1.27. The normalized spacial score (nSPS) is 12.4. The Bertz CT molecular complexity index is 403. The number of benzene rings is 1. The van der Waals surface area contributed by atoms with Crippen molar-refractivity contribution in [2.45, 2.75) is 51.2 Å². The Hall–Kier alpha value is -1.00. The van der Waals surface area contributed by atoms with Gasteiger partial charge in [0, 0.05) is 10.9 Å². The van der Waals surface area contributed by atoms with Crippen LogP contribution in [-0.4, -0.2) is 24.4 Å². The van der Waals surface area contributed by atoms with Gasteiger partial charge in [-0.25, -0.2) is 0 Å². The predicted octanol–water partition coefficient (Wildman–Crippen LogP) is 3.79. The van der Waals surface area contributed by atoms with Gasteiger partial charge in [0.1, 0.15) is 0 Å². The van der Waals surface area contributed by atoms with E-state index in [-0.39, 0.29) is 12.1 Å². The number of hydrogen-bond acceptors (Lipinski definition) is 4. The SMILES string of the molecule is CCCNC(C)c1ccc(SCC(=O)OC(C)C)cc1. The van der Waals surface area contributed by atoms with Crippen molar-refractivity contribution in [2.75, 3.05) is 12.3 Å². The summed E-state index contributed by atoms with van der Waals surface area (Å²) in [5.74, 6) is 0.202. The number of nitrogens with one attached hydrogen (secondary N) is 1. The topological polar surface area (TPSA) is 38.3 Å². The lowest BCUT2D eigenvalue weighted by Gasteiger charge is -2.14. The highest BCUT2D eigenvalue weighted by molar-refractivity contribution is 8.00. The van der Waals surface area contributed by atoms with Crippen LogP contribution in [0.3, 0.4) is 0 Å². The molecule has 0 aliphatic heterocycles.